The molecule has 1 aromatic carbocycles. The number of benzene rings is 1. The predicted molar refractivity (Wildman–Crippen MR) is 63.3 cm³/mol. The van der Waals surface area contributed by atoms with Gasteiger partial charge in [0.2, 0.25) is 0 Å². The Morgan fingerprint density at radius 3 is 2.71 bits per heavy atom. The summed E-state index contributed by atoms with van der Waals surface area (Å²) in [7, 11) is 1.22. The largest absolute Gasteiger partial charge is 0.479 e. The van der Waals surface area contributed by atoms with Crippen molar-refractivity contribution in [3.63, 3.8) is 0 Å². The molecule has 0 saturated heterocycles. The van der Waals surface area contributed by atoms with Gasteiger partial charge >= 0.3 is 5.97 Å². The fourth-order valence-electron chi connectivity index (χ4n) is 0.980. The summed E-state index contributed by atoms with van der Waals surface area (Å²) >= 11 is 8.87. The first-order valence-corrected chi connectivity index (χ1v) is 5.46. The van der Waals surface area contributed by atoms with Crippen LogP contribution in [0.1, 0.15) is 0 Å². The average Bonchev–Trinajstić information content (AvgIpc) is 2.27. The molecule has 0 saturated carbocycles. The van der Waals surface area contributed by atoms with E-state index in [0.717, 1.165) is 6.07 Å². The van der Waals surface area contributed by atoms with Gasteiger partial charge in [-0.1, -0.05) is 11.6 Å². The van der Waals surface area contributed by atoms with Crippen LogP contribution in [0.2, 0.25) is 5.02 Å². The molecule has 0 heterocycles. The maximum Gasteiger partial charge on any atom is 0.343 e. The van der Waals surface area contributed by atoms with Crippen molar-refractivity contribution in [1.82, 2.24) is 0 Å². The lowest BCUT2D eigenvalue weighted by atomic mass is 10.3. The van der Waals surface area contributed by atoms with Gasteiger partial charge in [-0.2, -0.15) is 0 Å². The molecule has 8 heteroatoms. The van der Waals surface area contributed by atoms with Crippen molar-refractivity contribution in [1.29, 1.82) is 0 Å². The van der Waals surface area contributed by atoms with E-state index in [1.165, 1.54) is 13.2 Å². The fraction of sp³-hybridized carbons (Fsp3) is 0.222. The molecule has 0 aliphatic rings. The zero-order valence-electron chi connectivity index (χ0n) is 8.61. The molecule has 1 aromatic rings. The molecular formula is C9H7BrClNO5. The molecule has 0 aliphatic carbocycles. The lowest BCUT2D eigenvalue weighted by Crippen LogP contribution is -2.13. The summed E-state index contributed by atoms with van der Waals surface area (Å²) in [5.41, 5.74) is -0.174. The van der Waals surface area contributed by atoms with Crippen molar-refractivity contribution >= 4 is 39.2 Å². The second-order valence-electron chi connectivity index (χ2n) is 2.86. The van der Waals surface area contributed by atoms with E-state index >= 15 is 0 Å². The summed E-state index contributed by atoms with van der Waals surface area (Å²) in [6.45, 7) is -0.327. The lowest BCUT2D eigenvalue weighted by Gasteiger charge is -2.08. The SMILES string of the molecule is COC(=O)COc1c(Cl)cc([N+](=O)[O-])cc1Br. The van der Waals surface area contributed by atoms with Gasteiger partial charge in [-0.25, -0.2) is 4.79 Å². The van der Waals surface area contributed by atoms with Crippen LogP contribution in [-0.2, 0) is 9.53 Å². The van der Waals surface area contributed by atoms with Gasteiger partial charge in [0.15, 0.2) is 12.4 Å². The Labute approximate surface area is 110 Å². The molecule has 17 heavy (non-hydrogen) atoms. The molecule has 0 aromatic heterocycles. The van der Waals surface area contributed by atoms with Gasteiger partial charge in [0, 0.05) is 12.1 Å². The first-order chi connectivity index (χ1) is 7.95. The van der Waals surface area contributed by atoms with Crippen LogP contribution in [-0.4, -0.2) is 24.6 Å². The normalized spacial score (nSPS) is 9.82. The number of non-ortho nitro benzene ring substituents is 1. The van der Waals surface area contributed by atoms with Crippen LogP contribution in [0, 0.1) is 10.1 Å². The van der Waals surface area contributed by atoms with E-state index in [0.29, 0.717) is 4.47 Å². The number of nitrogens with zero attached hydrogens (tertiary/aromatic N) is 1. The zero-order valence-corrected chi connectivity index (χ0v) is 10.9. The first kappa shape index (κ1) is 13.7. The second-order valence-corrected chi connectivity index (χ2v) is 4.12. The first-order valence-electron chi connectivity index (χ1n) is 4.28. The molecule has 0 bridgehead atoms. The topological polar surface area (TPSA) is 78.7 Å². The van der Waals surface area contributed by atoms with Crippen LogP contribution in [0.15, 0.2) is 16.6 Å². The molecule has 92 valence electrons. The summed E-state index contributed by atoms with van der Waals surface area (Å²) in [4.78, 5) is 20.8. The summed E-state index contributed by atoms with van der Waals surface area (Å²) in [6, 6.07) is 2.37. The molecule has 0 N–H and O–H groups in total. The Balaban J connectivity index is 2.94. The van der Waals surface area contributed by atoms with E-state index in [9.17, 15) is 14.9 Å². The molecule has 6 nitrogen and oxygen atoms in total. The number of carbonyl (C=O) groups is 1. The van der Waals surface area contributed by atoms with Crippen molar-refractivity contribution in [2.45, 2.75) is 0 Å². The molecule has 0 aliphatic heterocycles. The molecular weight excluding hydrogens is 317 g/mol. The summed E-state index contributed by atoms with van der Waals surface area (Å²) in [5.74, 6) is -0.422. The van der Waals surface area contributed by atoms with E-state index in [1.807, 2.05) is 0 Å². The smallest absolute Gasteiger partial charge is 0.343 e. The van der Waals surface area contributed by atoms with E-state index in [-0.39, 0.29) is 23.1 Å². The van der Waals surface area contributed by atoms with E-state index < -0.39 is 10.9 Å². The molecule has 0 unspecified atom stereocenters. The average molecular weight is 325 g/mol. The van der Waals surface area contributed by atoms with Gasteiger partial charge in [0.25, 0.3) is 5.69 Å². The monoisotopic (exact) mass is 323 g/mol. The Kier molecular flexibility index (Phi) is 4.71. The standard InChI is InChI=1S/C9H7BrClNO5/c1-16-8(13)4-17-9-6(10)2-5(12(14)15)3-7(9)11/h2-3H,4H2,1H3. The summed E-state index contributed by atoms with van der Waals surface area (Å²) < 4.78 is 9.75. The number of methoxy groups -OCH3 is 1. The predicted octanol–water partition coefficient (Wildman–Crippen LogP) is 2.56. The number of nitro benzene ring substituents is 1. The number of halogens is 2. The highest BCUT2D eigenvalue weighted by Crippen LogP contribution is 2.36. The highest BCUT2D eigenvalue weighted by atomic mass is 79.9. The summed E-state index contributed by atoms with van der Waals surface area (Å²) in [5, 5.41) is 10.6. The second kappa shape index (κ2) is 5.83. The minimum atomic E-state index is -0.583. The van der Waals surface area contributed by atoms with Crippen LogP contribution in [0.5, 0.6) is 5.75 Å². The van der Waals surface area contributed by atoms with E-state index in [4.69, 9.17) is 16.3 Å². The third-order valence-corrected chi connectivity index (χ3v) is 2.63. The maximum absolute atomic E-state index is 10.9. The summed E-state index contributed by atoms with van der Waals surface area (Å²) in [6.07, 6.45) is 0. The molecule has 0 radical (unpaired) electrons. The molecule has 0 spiro atoms. The third-order valence-electron chi connectivity index (χ3n) is 1.76. The Hall–Kier alpha value is -1.34. The van der Waals surface area contributed by atoms with Gasteiger partial charge in [-0.05, 0) is 15.9 Å². The number of hydrogen-bond acceptors (Lipinski definition) is 5. The molecule has 0 atom stereocenters. The Morgan fingerprint density at radius 2 is 2.24 bits per heavy atom. The Bertz CT molecular complexity index is 442. The van der Waals surface area contributed by atoms with Crippen molar-refractivity contribution in [2.24, 2.45) is 0 Å². The van der Waals surface area contributed by atoms with Crippen LogP contribution in [0.4, 0.5) is 5.69 Å². The van der Waals surface area contributed by atoms with Crippen molar-refractivity contribution in [2.75, 3.05) is 13.7 Å². The minimum absolute atomic E-state index is 0.0370. The highest BCUT2D eigenvalue weighted by molar-refractivity contribution is 9.10. The minimum Gasteiger partial charge on any atom is -0.479 e. The van der Waals surface area contributed by atoms with Crippen molar-refractivity contribution in [3.05, 3.63) is 31.7 Å². The number of hydrogen-bond donors (Lipinski definition) is 0. The van der Waals surface area contributed by atoms with Crippen molar-refractivity contribution in [3.8, 4) is 5.75 Å². The number of rotatable bonds is 4. The van der Waals surface area contributed by atoms with E-state index in [2.05, 4.69) is 20.7 Å². The number of nitro groups is 1. The molecule has 0 amide bonds. The van der Waals surface area contributed by atoms with Crippen LogP contribution in [0.3, 0.4) is 0 Å². The van der Waals surface area contributed by atoms with Gasteiger partial charge in [-0.15, -0.1) is 0 Å². The number of esters is 1. The number of carbonyl (C=O) groups excluding carboxylic acids is 1. The van der Waals surface area contributed by atoms with Gasteiger partial charge in [0.05, 0.1) is 21.5 Å². The quantitative estimate of drug-likeness (QED) is 0.483. The molecule has 1 rings (SSSR count). The lowest BCUT2D eigenvalue weighted by molar-refractivity contribution is -0.384. The number of ether oxygens (including phenoxy) is 2. The van der Waals surface area contributed by atoms with Gasteiger partial charge in [-0.3, -0.25) is 10.1 Å². The zero-order chi connectivity index (χ0) is 13.0. The van der Waals surface area contributed by atoms with Crippen LogP contribution in [0.25, 0.3) is 0 Å². The molecule has 0 fully saturated rings. The van der Waals surface area contributed by atoms with Crippen molar-refractivity contribution < 1.29 is 19.2 Å². The maximum atomic E-state index is 10.9. The Morgan fingerprint density at radius 1 is 1.59 bits per heavy atom. The fourth-order valence-corrected chi connectivity index (χ4v) is 1.92. The van der Waals surface area contributed by atoms with Gasteiger partial charge < -0.3 is 9.47 Å². The van der Waals surface area contributed by atoms with E-state index in [1.54, 1.807) is 0 Å². The van der Waals surface area contributed by atoms with Gasteiger partial charge in [0.1, 0.15) is 0 Å². The van der Waals surface area contributed by atoms with Crippen LogP contribution >= 0.6 is 27.5 Å². The third kappa shape index (κ3) is 3.57. The highest BCUT2D eigenvalue weighted by Gasteiger charge is 2.16. The van der Waals surface area contributed by atoms with Crippen LogP contribution < -0.4 is 4.74 Å².